The minimum absolute atomic E-state index is 0.117. The Hall–Kier alpha value is -0.820. The van der Waals surface area contributed by atoms with Gasteiger partial charge in [-0.15, -0.1) is 0 Å². The minimum Gasteiger partial charge on any atom is -0.393 e. The molecule has 0 aliphatic heterocycles. The van der Waals surface area contributed by atoms with Gasteiger partial charge in [0.2, 0.25) is 0 Å². The highest BCUT2D eigenvalue weighted by Crippen LogP contribution is 2.20. The second-order valence-corrected chi connectivity index (χ2v) is 3.52. The van der Waals surface area contributed by atoms with Gasteiger partial charge in [-0.1, -0.05) is 24.3 Å². The van der Waals surface area contributed by atoms with Crippen LogP contribution >= 0.6 is 0 Å². The van der Waals surface area contributed by atoms with Gasteiger partial charge in [0.05, 0.1) is 6.10 Å². The van der Waals surface area contributed by atoms with Crippen LogP contribution in [-0.2, 0) is 12.8 Å². The predicted octanol–water partition coefficient (Wildman–Crippen LogP) is 1.93. The van der Waals surface area contributed by atoms with E-state index in [9.17, 15) is 5.11 Å². The number of rotatable bonds is 0. The second kappa shape index (κ2) is 3.28. The maximum Gasteiger partial charge on any atom is 0.0580 e. The number of aryl methyl sites for hydroxylation is 1. The van der Waals surface area contributed by atoms with Crippen molar-refractivity contribution in [1.29, 1.82) is 0 Å². The van der Waals surface area contributed by atoms with Gasteiger partial charge < -0.3 is 5.11 Å². The SMILES string of the molecule is O[C@H]1CCCc2ccccc2C1. The quantitative estimate of drug-likeness (QED) is 0.578. The molecule has 0 saturated carbocycles. The molecule has 0 saturated heterocycles. The van der Waals surface area contributed by atoms with E-state index >= 15 is 0 Å². The van der Waals surface area contributed by atoms with E-state index in [0.29, 0.717) is 0 Å². The molecular weight excluding hydrogens is 148 g/mol. The third kappa shape index (κ3) is 1.51. The number of hydrogen-bond donors (Lipinski definition) is 1. The fourth-order valence-electron chi connectivity index (χ4n) is 1.88. The standard InChI is InChI=1S/C11H14O/c12-11-7-3-6-9-4-1-2-5-10(9)8-11/h1-2,4-5,11-12H,3,6-8H2/t11-/m0/s1. The summed E-state index contributed by atoms with van der Waals surface area (Å²) in [6, 6.07) is 8.44. The van der Waals surface area contributed by atoms with Crippen molar-refractivity contribution in [3.63, 3.8) is 0 Å². The van der Waals surface area contributed by atoms with Crippen LogP contribution in [0.4, 0.5) is 0 Å². The molecule has 0 unspecified atom stereocenters. The third-order valence-corrected chi connectivity index (χ3v) is 2.56. The van der Waals surface area contributed by atoms with Crippen molar-refractivity contribution in [2.75, 3.05) is 0 Å². The van der Waals surface area contributed by atoms with Crippen molar-refractivity contribution in [1.82, 2.24) is 0 Å². The summed E-state index contributed by atoms with van der Waals surface area (Å²) in [5, 5.41) is 9.54. The van der Waals surface area contributed by atoms with Crippen LogP contribution < -0.4 is 0 Å². The summed E-state index contributed by atoms with van der Waals surface area (Å²) in [6.07, 6.45) is 3.93. The molecule has 0 aromatic heterocycles. The first-order valence-electron chi connectivity index (χ1n) is 4.61. The fourth-order valence-corrected chi connectivity index (χ4v) is 1.88. The molecule has 1 aliphatic carbocycles. The van der Waals surface area contributed by atoms with Gasteiger partial charge in [0.15, 0.2) is 0 Å². The normalized spacial score (nSPS) is 22.9. The monoisotopic (exact) mass is 162 g/mol. The molecule has 1 aromatic carbocycles. The summed E-state index contributed by atoms with van der Waals surface area (Å²) in [4.78, 5) is 0. The van der Waals surface area contributed by atoms with Crippen molar-refractivity contribution < 1.29 is 5.11 Å². The zero-order valence-electron chi connectivity index (χ0n) is 7.16. The number of benzene rings is 1. The molecular formula is C11H14O. The molecule has 0 heterocycles. The van der Waals surface area contributed by atoms with Gasteiger partial charge in [-0.05, 0) is 36.8 Å². The number of aliphatic hydroxyl groups is 1. The molecule has 1 aromatic rings. The molecule has 1 nitrogen and oxygen atoms in total. The summed E-state index contributed by atoms with van der Waals surface area (Å²) >= 11 is 0. The average Bonchev–Trinajstić information content (AvgIpc) is 2.25. The Morgan fingerprint density at radius 3 is 2.75 bits per heavy atom. The molecule has 1 atom stereocenters. The van der Waals surface area contributed by atoms with E-state index in [1.165, 1.54) is 11.1 Å². The van der Waals surface area contributed by atoms with E-state index < -0.39 is 0 Å². The summed E-state index contributed by atoms with van der Waals surface area (Å²) in [6.45, 7) is 0. The van der Waals surface area contributed by atoms with Gasteiger partial charge in [-0.3, -0.25) is 0 Å². The molecule has 1 aliphatic rings. The van der Waals surface area contributed by atoms with Gasteiger partial charge >= 0.3 is 0 Å². The van der Waals surface area contributed by atoms with Gasteiger partial charge in [0.1, 0.15) is 0 Å². The molecule has 1 heteroatoms. The molecule has 64 valence electrons. The third-order valence-electron chi connectivity index (χ3n) is 2.56. The highest BCUT2D eigenvalue weighted by Gasteiger charge is 2.12. The zero-order valence-corrected chi connectivity index (χ0v) is 7.16. The van der Waals surface area contributed by atoms with Crippen LogP contribution in [0.3, 0.4) is 0 Å². The van der Waals surface area contributed by atoms with Gasteiger partial charge in [0, 0.05) is 0 Å². The minimum atomic E-state index is -0.117. The van der Waals surface area contributed by atoms with Crippen molar-refractivity contribution in [3.8, 4) is 0 Å². The lowest BCUT2D eigenvalue weighted by Crippen LogP contribution is -2.07. The van der Waals surface area contributed by atoms with Crippen LogP contribution in [0.1, 0.15) is 24.0 Å². The number of aliphatic hydroxyl groups excluding tert-OH is 1. The molecule has 0 amide bonds. The van der Waals surface area contributed by atoms with E-state index in [2.05, 4.69) is 24.3 Å². The van der Waals surface area contributed by atoms with E-state index in [4.69, 9.17) is 0 Å². The summed E-state index contributed by atoms with van der Waals surface area (Å²) in [5.41, 5.74) is 2.76. The van der Waals surface area contributed by atoms with E-state index in [1.54, 1.807) is 0 Å². The van der Waals surface area contributed by atoms with E-state index in [0.717, 1.165) is 25.7 Å². The molecule has 1 N–H and O–H groups in total. The molecule has 0 radical (unpaired) electrons. The smallest absolute Gasteiger partial charge is 0.0580 e. The van der Waals surface area contributed by atoms with Crippen LogP contribution in [0.2, 0.25) is 0 Å². The zero-order chi connectivity index (χ0) is 8.39. The Labute approximate surface area is 73.0 Å². The van der Waals surface area contributed by atoms with Crippen LogP contribution in [0.25, 0.3) is 0 Å². The molecule has 0 bridgehead atoms. The lowest BCUT2D eigenvalue weighted by atomic mass is 10.0. The van der Waals surface area contributed by atoms with Crippen molar-refractivity contribution >= 4 is 0 Å². The average molecular weight is 162 g/mol. The van der Waals surface area contributed by atoms with Crippen LogP contribution in [0.15, 0.2) is 24.3 Å². The van der Waals surface area contributed by atoms with Crippen LogP contribution in [0.5, 0.6) is 0 Å². The van der Waals surface area contributed by atoms with Crippen molar-refractivity contribution in [2.24, 2.45) is 0 Å². The Morgan fingerprint density at radius 1 is 1.17 bits per heavy atom. The van der Waals surface area contributed by atoms with E-state index in [-0.39, 0.29) is 6.10 Å². The number of hydrogen-bond acceptors (Lipinski definition) is 1. The van der Waals surface area contributed by atoms with Gasteiger partial charge in [-0.2, -0.15) is 0 Å². The fraction of sp³-hybridized carbons (Fsp3) is 0.455. The summed E-state index contributed by atoms with van der Waals surface area (Å²) < 4.78 is 0. The largest absolute Gasteiger partial charge is 0.393 e. The Bertz CT molecular complexity index is 267. The highest BCUT2D eigenvalue weighted by atomic mass is 16.3. The van der Waals surface area contributed by atoms with Gasteiger partial charge in [-0.25, -0.2) is 0 Å². The van der Waals surface area contributed by atoms with Crippen molar-refractivity contribution in [3.05, 3.63) is 35.4 Å². The lowest BCUT2D eigenvalue weighted by Gasteiger charge is -2.06. The first-order valence-corrected chi connectivity index (χ1v) is 4.61. The summed E-state index contributed by atoms with van der Waals surface area (Å²) in [7, 11) is 0. The molecule has 0 spiro atoms. The Morgan fingerprint density at radius 2 is 1.92 bits per heavy atom. The first kappa shape index (κ1) is 7.81. The van der Waals surface area contributed by atoms with Crippen LogP contribution in [-0.4, -0.2) is 11.2 Å². The van der Waals surface area contributed by atoms with Crippen molar-refractivity contribution in [2.45, 2.75) is 31.8 Å². The highest BCUT2D eigenvalue weighted by molar-refractivity contribution is 5.28. The van der Waals surface area contributed by atoms with E-state index in [1.807, 2.05) is 0 Å². The maximum atomic E-state index is 9.54. The topological polar surface area (TPSA) is 20.2 Å². The molecule has 2 rings (SSSR count). The first-order chi connectivity index (χ1) is 5.86. The Kier molecular flexibility index (Phi) is 2.13. The maximum absolute atomic E-state index is 9.54. The van der Waals surface area contributed by atoms with Gasteiger partial charge in [0.25, 0.3) is 0 Å². The Balaban J connectivity index is 2.31. The molecule has 12 heavy (non-hydrogen) atoms. The second-order valence-electron chi connectivity index (χ2n) is 3.52. The van der Waals surface area contributed by atoms with Crippen LogP contribution in [0, 0.1) is 0 Å². The summed E-state index contributed by atoms with van der Waals surface area (Å²) in [5.74, 6) is 0. The predicted molar refractivity (Wildman–Crippen MR) is 49.1 cm³/mol. The number of fused-ring (bicyclic) bond motifs is 1. The molecule has 0 fully saturated rings. The lowest BCUT2D eigenvalue weighted by molar-refractivity contribution is 0.165.